The molecule has 0 heterocycles. The van der Waals surface area contributed by atoms with E-state index in [0.717, 1.165) is 10.5 Å². The van der Waals surface area contributed by atoms with Crippen molar-refractivity contribution >= 4 is 39.2 Å². The van der Waals surface area contributed by atoms with E-state index in [1.807, 2.05) is 13.0 Å². The Morgan fingerprint density at radius 2 is 1.90 bits per heavy atom. The summed E-state index contributed by atoms with van der Waals surface area (Å²) in [6.45, 7) is 1.93. The standard InChI is InChI=1S/C7H6B2S/c1-4-2-5(8)3-6(9)7(4)10/h2-3,10H,1H3. The van der Waals surface area contributed by atoms with Crippen LogP contribution >= 0.6 is 12.6 Å². The quantitative estimate of drug-likeness (QED) is 0.380. The zero-order valence-electron chi connectivity index (χ0n) is 5.76. The summed E-state index contributed by atoms with van der Waals surface area (Å²) >= 11 is 4.18. The van der Waals surface area contributed by atoms with Crippen molar-refractivity contribution in [1.82, 2.24) is 0 Å². The van der Waals surface area contributed by atoms with Crippen LogP contribution in [0.4, 0.5) is 0 Å². The van der Waals surface area contributed by atoms with Crippen LogP contribution < -0.4 is 10.9 Å². The van der Waals surface area contributed by atoms with Crippen molar-refractivity contribution in [2.75, 3.05) is 0 Å². The fraction of sp³-hybridized carbons (Fsp3) is 0.143. The zero-order valence-corrected chi connectivity index (χ0v) is 6.65. The summed E-state index contributed by atoms with van der Waals surface area (Å²) in [4.78, 5) is 0.814. The van der Waals surface area contributed by atoms with Gasteiger partial charge in [0.2, 0.25) is 0 Å². The number of hydrogen-bond acceptors (Lipinski definition) is 1. The van der Waals surface area contributed by atoms with Gasteiger partial charge in [0.15, 0.2) is 0 Å². The van der Waals surface area contributed by atoms with Gasteiger partial charge in [-0.3, -0.25) is 0 Å². The van der Waals surface area contributed by atoms with Gasteiger partial charge in [-0.05, 0) is 17.4 Å². The van der Waals surface area contributed by atoms with Gasteiger partial charge in [-0.1, -0.05) is 23.1 Å². The molecule has 1 aromatic rings. The molecule has 1 rings (SSSR count). The Morgan fingerprint density at radius 3 is 2.40 bits per heavy atom. The average Bonchev–Trinajstić information content (AvgIpc) is 1.82. The van der Waals surface area contributed by atoms with Crippen LogP contribution in [0, 0.1) is 6.92 Å². The molecule has 0 atom stereocenters. The first-order chi connectivity index (χ1) is 4.61. The smallest absolute Gasteiger partial charge is 0.115 e. The van der Waals surface area contributed by atoms with Crippen LogP contribution in [0.25, 0.3) is 0 Å². The van der Waals surface area contributed by atoms with Crippen molar-refractivity contribution < 1.29 is 0 Å². The Bertz CT molecular complexity index is 235. The molecule has 0 saturated heterocycles. The molecule has 1 aromatic carbocycles. The Labute approximate surface area is 69.3 Å². The van der Waals surface area contributed by atoms with Gasteiger partial charge in [0.05, 0.1) is 0 Å². The first-order valence-corrected chi connectivity index (χ1v) is 3.40. The molecule has 0 fully saturated rings. The second-order valence-electron chi connectivity index (χ2n) is 2.28. The van der Waals surface area contributed by atoms with E-state index in [-0.39, 0.29) is 0 Å². The first kappa shape index (κ1) is 7.80. The molecule has 10 heavy (non-hydrogen) atoms. The molecule has 0 amide bonds. The van der Waals surface area contributed by atoms with Gasteiger partial charge in [-0.15, -0.1) is 12.6 Å². The van der Waals surface area contributed by atoms with Crippen molar-refractivity contribution in [2.24, 2.45) is 0 Å². The Morgan fingerprint density at radius 1 is 1.30 bits per heavy atom. The monoisotopic (exact) mass is 144 g/mol. The van der Waals surface area contributed by atoms with Crippen LogP contribution in [0.2, 0.25) is 0 Å². The summed E-state index contributed by atoms with van der Waals surface area (Å²) in [5, 5.41) is 0. The van der Waals surface area contributed by atoms with Crippen molar-refractivity contribution in [1.29, 1.82) is 0 Å². The van der Waals surface area contributed by atoms with E-state index in [2.05, 4.69) is 12.6 Å². The van der Waals surface area contributed by atoms with E-state index in [1.54, 1.807) is 6.07 Å². The highest BCUT2D eigenvalue weighted by Gasteiger charge is 1.96. The van der Waals surface area contributed by atoms with E-state index in [1.165, 1.54) is 0 Å². The Balaban J connectivity index is 3.31. The van der Waals surface area contributed by atoms with Gasteiger partial charge in [-0.25, -0.2) is 0 Å². The van der Waals surface area contributed by atoms with E-state index in [9.17, 15) is 0 Å². The van der Waals surface area contributed by atoms with E-state index in [0.29, 0.717) is 10.9 Å². The number of rotatable bonds is 0. The SMILES string of the molecule is [B]c1cc([B])c(S)c(C)c1. The maximum absolute atomic E-state index is 5.57. The predicted octanol–water partition coefficient (Wildman–Crippen LogP) is -0.129. The minimum Gasteiger partial charge on any atom is -0.144 e. The van der Waals surface area contributed by atoms with Gasteiger partial charge in [0.25, 0.3) is 0 Å². The molecule has 0 spiro atoms. The van der Waals surface area contributed by atoms with E-state index in [4.69, 9.17) is 15.7 Å². The minimum atomic E-state index is 0.640. The van der Waals surface area contributed by atoms with Crippen LogP contribution in [-0.4, -0.2) is 15.7 Å². The van der Waals surface area contributed by atoms with Crippen LogP contribution in [0.5, 0.6) is 0 Å². The number of benzene rings is 1. The van der Waals surface area contributed by atoms with Crippen molar-refractivity contribution in [2.45, 2.75) is 11.8 Å². The summed E-state index contributed by atoms with van der Waals surface area (Å²) in [6, 6.07) is 3.55. The summed E-state index contributed by atoms with van der Waals surface area (Å²) in [6.07, 6.45) is 0. The lowest BCUT2D eigenvalue weighted by molar-refractivity contribution is 1.36. The molecule has 0 aliphatic heterocycles. The van der Waals surface area contributed by atoms with Crippen LogP contribution in [0.3, 0.4) is 0 Å². The van der Waals surface area contributed by atoms with E-state index >= 15 is 0 Å². The fourth-order valence-corrected chi connectivity index (χ4v) is 0.965. The number of hydrogen-bond donors (Lipinski definition) is 1. The second-order valence-corrected chi connectivity index (χ2v) is 2.72. The molecule has 0 aromatic heterocycles. The third kappa shape index (κ3) is 1.40. The van der Waals surface area contributed by atoms with Crippen molar-refractivity contribution in [3.8, 4) is 0 Å². The zero-order chi connectivity index (χ0) is 7.72. The number of thiol groups is 1. The van der Waals surface area contributed by atoms with Crippen LogP contribution in [0.15, 0.2) is 17.0 Å². The summed E-state index contributed by atoms with van der Waals surface area (Å²) in [5.74, 6) is 0. The normalized spacial score (nSPS) is 9.80. The summed E-state index contributed by atoms with van der Waals surface area (Å²) < 4.78 is 0. The summed E-state index contributed by atoms with van der Waals surface area (Å²) in [5.41, 5.74) is 2.34. The molecule has 3 heteroatoms. The lowest BCUT2D eigenvalue weighted by atomic mass is 9.86. The molecular formula is C7H6B2S. The third-order valence-corrected chi connectivity index (χ3v) is 1.96. The van der Waals surface area contributed by atoms with Crippen molar-refractivity contribution in [3.05, 3.63) is 17.7 Å². The molecule has 0 aliphatic carbocycles. The lowest BCUT2D eigenvalue weighted by Crippen LogP contribution is -2.15. The van der Waals surface area contributed by atoms with Gasteiger partial charge < -0.3 is 0 Å². The molecule has 0 bridgehead atoms. The minimum absolute atomic E-state index is 0.640. The molecule has 0 saturated carbocycles. The fourth-order valence-electron chi connectivity index (χ4n) is 0.836. The number of aryl methyl sites for hydroxylation is 1. The molecule has 46 valence electrons. The van der Waals surface area contributed by atoms with Crippen LogP contribution in [-0.2, 0) is 0 Å². The summed E-state index contributed by atoms with van der Waals surface area (Å²) in [7, 11) is 11.1. The van der Waals surface area contributed by atoms with Gasteiger partial charge in [0, 0.05) is 0 Å². The van der Waals surface area contributed by atoms with Crippen molar-refractivity contribution in [3.63, 3.8) is 0 Å². The van der Waals surface area contributed by atoms with Gasteiger partial charge >= 0.3 is 0 Å². The van der Waals surface area contributed by atoms with Crippen LogP contribution in [0.1, 0.15) is 5.56 Å². The highest BCUT2D eigenvalue weighted by molar-refractivity contribution is 7.80. The highest BCUT2D eigenvalue weighted by Crippen LogP contribution is 2.05. The molecule has 4 radical (unpaired) electrons. The average molecular weight is 144 g/mol. The first-order valence-electron chi connectivity index (χ1n) is 2.96. The maximum Gasteiger partial charge on any atom is 0.115 e. The van der Waals surface area contributed by atoms with Gasteiger partial charge in [0.1, 0.15) is 15.7 Å². The predicted molar refractivity (Wildman–Crippen MR) is 49.2 cm³/mol. The Hall–Kier alpha value is -0.300. The second kappa shape index (κ2) is 2.75. The Kier molecular flexibility index (Phi) is 2.14. The molecule has 0 unspecified atom stereocenters. The highest BCUT2D eigenvalue weighted by atomic mass is 32.1. The molecular weight excluding hydrogens is 138 g/mol. The topological polar surface area (TPSA) is 0 Å². The largest absolute Gasteiger partial charge is 0.144 e. The molecule has 0 aliphatic rings. The third-order valence-electron chi connectivity index (χ3n) is 1.35. The van der Waals surface area contributed by atoms with E-state index < -0.39 is 0 Å². The maximum atomic E-state index is 5.57. The molecule has 0 nitrogen and oxygen atoms in total. The molecule has 0 N–H and O–H groups in total. The lowest BCUT2D eigenvalue weighted by Gasteiger charge is -2.04. The van der Waals surface area contributed by atoms with Gasteiger partial charge in [-0.2, -0.15) is 0 Å².